The Morgan fingerprint density at radius 2 is 0.808 bits per heavy atom. The van der Waals surface area contributed by atoms with E-state index in [2.05, 4.69) is 60.1 Å². The predicted octanol–water partition coefficient (Wildman–Crippen LogP) is 5.08. The van der Waals surface area contributed by atoms with Crippen LogP contribution in [0.1, 0.15) is 268 Å². The molecule has 0 saturated carbocycles. The lowest BCUT2D eigenvalue weighted by Crippen LogP contribution is -2.61. The van der Waals surface area contributed by atoms with E-state index >= 15 is 0 Å². The molecule has 0 spiro atoms. The molecule has 19 N–H and O–H groups in total. The van der Waals surface area contributed by atoms with Crippen molar-refractivity contribution in [2.24, 2.45) is 46.6 Å². The zero-order valence-electron chi connectivity index (χ0n) is 65.3. The average Bonchev–Trinajstić information content (AvgIpc) is 1.60. The third-order valence-corrected chi connectivity index (χ3v) is 19.9. The Labute approximate surface area is 626 Å². The molecule has 12 atom stereocenters. The fourth-order valence-electron chi connectivity index (χ4n) is 12.6. The molecule has 1 heterocycles. The van der Waals surface area contributed by atoms with E-state index in [1.807, 2.05) is 34.0 Å². The van der Waals surface area contributed by atoms with Crippen molar-refractivity contribution in [3.05, 3.63) is 0 Å². The summed E-state index contributed by atoms with van der Waals surface area (Å²) in [5.41, 5.74) is 23.5. The highest BCUT2D eigenvalue weighted by Crippen LogP contribution is 2.22. The maximum absolute atomic E-state index is 14.6. The van der Waals surface area contributed by atoms with Gasteiger partial charge in [0.25, 0.3) is 0 Å². The molecule has 1 saturated heterocycles. The molecule has 11 amide bonds. The Morgan fingerprint density at radius 3 is 1.23 bits per heavy atom. The third kappa shape index (κ3) is 38.9. The molecule has 104 heavy (non-hydrogen) atoms. The van der Waals surface area contributed by atoms with Crippen LogP contribution >= 0.6 is 11.8 Å². The molecule has 1 aliphatic heterocycles. The van der Waals surface area contributed by atoms with Crippen molar-refractivity contribution in [1.29, 1.82) is 0 Å². The number of carbonyl (C=O) groups is 12. The van der Waals surface area contributed by atoms with Crippen LogP contribution in [0.15, 0.2) is 0 Å². The normalized spacial score (nSPS) is 16.1. The van der Waals surface area contributed by atoms with E-state index in [4.69, 9.17) is 22.9 Å². The first kappa shape index (κ1) is 95.8. The quantitative estimate of drug-likeness (QED) is 0.0353. The summed E-state index contributed by atoms with van der Waals surface area (Å²) in [6.45, 7) is 19.2. The second-order valence-electron chi connectivity index (χ2n) is 29.6. The largest absolute Gasteiger partial charge is 0.480 e. The number of thioether (sulfide) groups is 1. The molecule has 1 rings (SSSR count). The van der Waals surface area contributed by atoms with Crippen molar-refractivity contribution in [3.63, 3.8) is 0 Å². The van der Waals surface area contributed by atoms with E-state index in [9.17, 15) is 62.6 Å². The maximum atomic E-state index is 14.6. The average molecular weight is 1490 g/mol. The van der Waals surface area contributed by atoms with Crippen molar-refractivity contribution in [1.82, 2.24) is 58.1 Å². The Bertz CT molecular complexity index is 2550. The Kier molecular flexibility index (Phi) is 51.8. The van der Waals surface area contributed by atoms with E-state index in [-0.39, 0.29) is 88.7 Å². The lowest BCUT2D eigenvalue weighted by Gasteiger charge is -2.31. The van der Waals surface area contributed by atoms with E-state index < -0.39 is 143 Å². The monoisotopic (exact) mass is 1490 g/mol. The van der Waals surface area contributed by atoms with Crippen LogP contribution in [0.3, 0.4) is 0 Å². The van der Waals surface area contributed by atoms with E-state index in [0.29, 0.717) is 89.5 Å². The highest BCUT2D eigenvalue weighted by Gasteiger charge is 2.41. The molecule has 28 nitrogen and oxygen atoms in total. The van der Waals surface area contributed by atoms with Crippen molar-refractivity contribution < 1.29 is 62.6 Å². The predicted molar refractivity (Wildman–Crippen MR) is 411 cm³/mol. The fourth-order valence-corrected chi connectivity index (χ4v) is 13.0. The van der Waals surface area contributed by atoms with Crippen LogP contribution in [0.4, 0.5) is 0 Å². The van der Waals surface area contributed by atoms with Gasteiger partial charge in [-0.2, -0.15) is 11.8 Å². The zero-order valence-corrected chi connectivity index (χ0v) is 66.2. The van der Waals surface area contributed by atoms with Gasteiger partial charge in [-0.25, -0.2) is 4.79 Å². The van der Waals surface area contributed by atoms with Crippen LogP contribution in [0.25, 0.3) is 0 Å². The van der Waals surface area contributed by atoms with Crippen LogP contribution < -0.4 is 76.1 Å². The summed E-state index contributed by atoms with van der Waals surface area (Å²) < 4.78 is 0. The molecule has 1 fully saturated rings. The first-order chi connectivity index (χ1) is 49.6. The fraction of sp³-hybridized carbons (Fsp3) is 0.840. The summed E-state index contributed by atoms with van der Waals surface area (Å²) in [5, 5.41) is 37.6. The van der Waals surface area contributed by atoms with Crippen molar-refractivity contribution in [2.75, 3.05) is 44.7 Å². The van der Waals surface area contributed by atoms with Gasteiger partial charge in [0.15, 0.2) is 0 Å². The molecule has 0 bridgehead atoms. The summed E-state index contributed by atoms with van der Waals surface area (Å²) >= 11 is 1.42. The highest BCUT2D eigenvalue weighted by atomic mass is 32.2. The topological polar surface area (TPSA) is 453 Å². The summed E-state index contributed by atoms with van der Waals surface area (Å²) in [4.78, 5) is 170. The number of carboxylic acids is 1. The van der Waals surface area contributed by atoms with Gasteiger partial charge in [0, 0.05) is 13.0 Å². The number of amides is 11. The SMILES string of the molecule is CCCCCCCCCCCCCCCC(=O)N[C@H](C(=O)N[C@@H](CC(C)C)C(=O)N[C@@H](CCCCN)C(=O)N[C@@H](CCSC)C(=O)N[C@@H](CCCCN)C(=O)N[C@H](C(=O)N[C@@H](CCCCN)C(=O)N[C@@H](CCCCN)C(=O)N1CCC[C@H]1C(=O)N[C@@H](C)C(=O)N[C@H](C(=O)O)C(C)C)C(C)C)[C@@H](C)CC. The minimum atomic E-state index is -1.27. The number of nitrogens with two attached hydrogens (primary N) is 4. The van der Waals surface area contributed by atoms with Gasteiger partial charge in [-0.3, -0.25) is 52.7 Å². The highest BCUT2D eigenvalue weighted by molar-refractivity contribution is 7.98. The minimum Gasteiger partial charge on any atom is -0.480 e. The Morgan fingerprint density at radius 1 is 0.423 bits per heavy atom. The molecule has 0 aliphatic carbocycles. The minimum absolute atomic E-state index is 0.0786. The zero-order chi connectivity index (χ0) is 78.1. The molecular weight excluding hydrogens is 1350 g/mol. The lowest BCUT2D eigenvalue weighted by molar-refractivity contribution is -0.144. The third-order valence-electron chi connectivity index (χ3n) is 19.3. The Balaban J connectivity index is 3.45. The molecule has 600 valence electrons. The van der Waals surface area contributed by atoms with Gasteiger partial charge in [-0.15, -0.1) is 0 Å². The van der Waals surface area contributed by atoms with Gasteiger partial charge in [-0.1, -0.05) is 146 Å². The van der Waals surface area contributed by atoms with E-state index in [1.165, 1.54) is 81.4 Å². The van der Waals surface area contributed by atoms with Gasteiger partial charge in [0.05, 0.1) is 0 Å². The number of hydrogen-bond donors (Lipinski definition) is 15. The van der Waals surface area contributed by atoms with E-state index in [1.54, 1.807) is 27.7 Å². The number of aliphatic carboxylic acids is 1. The first-order valence-corrected chi connectivity index (χ1v) is 40.8. The van der Waals surface area contributed by atoms with Crippen molar-refractivity contribution >= 4 is 82.7 Å². The number of carboxylic acid groups (broad SMARTS) is 1. The number of likely N-dealkylation sites (tertiary alicyclic amines) is 1. The summed E-state index contributed by atoms with van der Waals surface area (Å²) in [6.07, 6.45) is 22.9. The van der Waals surface area contributed by atoms with Crippen LogP contribution in [-0.2, 0) is 57.5 Å². The second-order valence-corrected chi connectivity index (χ2v) is 30.5. The van der Waals surface area contributed by atoms with Crippen molar-refractivity contribution in [2.45, 2.75) is 335 Å². The molecule has 0 aromatic heterocycles. The number of unbranched alkanes of at least 4 members (excludes halogenated alkanes) is 16. The summed E-state index contributed by atoms with van der Waals surface area (Å²) in [7, 11) is 0. The lowest BCUT2D eigenvalue weighted by atomic mass is 9.96. The van der Waals surface area contributed by atoms with Crippen LogP contribution in [0, 0.1) is 23.7 Å². The maximum Gasteiger partial charge on any atom is 0.326 e. The molecule has 1 aliphatic rings. The summed E-state index contributed by atoms with van der Waals surface area (Å²) in [5.74, 6) is -9.10. The van der Waals surface area contributed by atoms with Crippen LogP contribution in [-0.4, -0.2) is 192 Å². The molecule has 0 aromatic carbocycles. The molecule has 0 radical (unpaired) electrons. The van der Waals surface area contributed by atoms with Gasteiger partial charge in [0.1, 0.15) is 66.5 Å². The first-order valence-electron chi connectivity index (χ1n) is 39.4. The van der Waals surface area contributed by atoms with Gasteiger partial charge in [0.2, 0.25) is 65.0 Å². The summed E-state index contributed by atoms with van der Waals surface area (Å²) in [6, 6.07) is -12.7. The number of hydrogen-bond acceptors (Lipinski definition) is 17. The standard InChI is InChI=1S/C75H141N15O13S/c1-12-14-15-16-17-18-19-20-21-22-23-24-25-40-61(91)87-64(52(9)13-2)73(100)86-59(48-49(3)4)70(97)82-54(35-26-30-42-76)66(93)83-57(41-47-104-11)68(95)81-56(37-28-32-44-78)69(96)88-62(50(5)6)72(99)84-55(36-27-31-43-77)67(94)85-58(38-29-33-45-79)74(101)90-46-34-39-60(90)71(98)80-53(10)65(92)89-63(51(7)8)75(102)103/h49-60,62-64H,12-48,76-79H2,1-11H3,(H,80,98)(H,81,95)(H,82,97)(H,83,93)(H,84,99)(H,85,94)(H,86,100)(H,87,91)(H,88,96)(H,89,92)(H,102,103)/t52-,53-,54-,55-,56-,57-,58-,59-,60-,62-,63-,64-/m0/s1. The number of carbonyl (C=O) groups excluding carboxylic acids is 11. The number of rotatable bonds is 60. The van der Waals surface area contributed by atoms with Crippen molar-refractivity contribution in [3.8, 4) is 0 Å². The molecule has 0 aromatic rings. The Hall–Kier alpha value is -6.17. The smallest absolute Gasteiger partial charge is 0.326 e. The molecule has 29 heteroatoms. The second kappa shape index (κ2) is 56.2. The molecular formula is C75H141N15O13S. The molecule has 0 unspecified atom stereocenters. The van der Waals surface area contributed by atoms with Gasteiger partial charge in [-0.05, 0) is 178 Å². The van der Waals surface area contributed by atoms with Crippen LogP contribution in [0.2, 0.25) is 0 Å². The van der Waals surface area contributed by atoms with Gasteiger partial charge < -0.3 is 86.1 Å². The number of nitrogens with zero attached hydrogens (tertiary/aromatic N) is 1. The van der Waals surface area contributed by atoms with E-state index in [0.717, 1.165) is 19.3 Å². The van der Waals surface area contributed by atoms with Crippen LogP contribution in [0.5, 0.6) is 0 Å². The van der Waals surface area contributed by atoms with Gasteiger partial charge >= 0.3 is 5.97 Å². The number of nitrogens with one attached hydrogen (secondary N) is 10.